The normalized spacial score (nSPS) is 10.2. The highest BCUT2D eigenvalue weighted by Gasteiger charge is 2.17. The molecule has 0 aliphatic heterocycles. The first-order valence-corrected chi connectivity index (χ1v) is 6.19. The van der Waals surface area contributed by atoms with Gasteiger partial charge in [0.15, 0.2) is 0 Å². The van der Waals surface area contributed by atoms with Crippen molar-refractivity contribution in [3.63, 3.8) is 0 Å². The molecule has 0 heterocycles. The van der Waals surface area contributed by atoms with Crippen molar-refractivity contribution in [2.45, 2.75) is 26.8 Å². The van der Waals surface area contributed by atoms with Crippen LogP contribution < -0.4 is 15.4 Å². The first-order valence-electron chi connectivity index (χ1n) is 5.81. The number of methoxy groups -OCH3 is 1. The zero-order valence-electron chi connectivity index (χ0n) is 11.3. The maximum Gasteiger partial charge on any atom is 0.313 e. The zero-order valence-corrected chi connectivity index (χ0v) is 12.1. The monoisotopic (exact) mass is 284 g/mol. The van der Waals surface area contributed by atoms with Crippen LogP contribution in [0, 0.1) is 6.92 Å². The molecule has 6 heteroatoms. The summed E-state index contributed by atoms with van der Waals surface area (Å²) in [7, 11) is 1.46. The van der Waals surface area contributed by atoms with Gasteiger partial charge in [-0.15, -0.1) is 0 Å². The molecule has 0 spiro atoms. The molecule has 2 N–H and O–H groups in total. The van der Waals surface area contributed by atoms with E-state index in [1.54, 1.807) is 32.9 Å². The predicted octanol–water partition coefficient (Wildman–Crippen LogP) is 2.12. The molecule has 0 bridgehead atoms. The van der Waals surface area contributed by atoms with Crippen molar-refractivity contribution in [2.75, 3.05) is 12.4 Å². The van der Waals surface area contributed by atoms with E-state index in [4.69, 9.17) is 16.3 Å². The molecule has 1 aromatic carbocycles. The second kappa shape index (κ2) is 6.43. The summed E-state index contributed by atoms with van der Waals surface area (Å²) in [6.45, 7) is 5.35. The summed E-state index contributed by atoms with van der Waals surface area (Å²) in [5.74, 6) is -1.03. The van der Waals surface area contributed by atoms with E-state index >= 15 is 0 Å². The molecule has 104 valence electrons. The molecule has 0 saturated heterocycles. The van der Waals surface area contributed by atoms with Gasteiger partial charge in [0, 0.05) is 17.1 Å². The van der Waals surface area contributed by atoms with Crippen LogP contribution in [0.2, 0.25) is 5.02 Å². The van der Waals surface area contributed by atoms with E-state index in [0.29, 0.717) is 16.5 Å². The maximum absolute atomic E-state index is 11.7. The van der Waals surface area contributed by atoms with Crippen molar-refractivity contribution in [2.24, 2.45) is 0 Å². The Morgan fingerprint density at radius 2 is 1.89 bits per heavy atom. The molecule has 19 heavy (non-hydrogen) atoms. The molecule has 0 radical (unpaired) electrons. The van der Waals surface area contributed by atoms with Crippen LogP contribution in [0.15, 0.2) is 12.1 Å². The number of benzene rings is 1. The molecule has 2 amide bonds. The fourth-order valence-electron chi connectivity index (χ4n) is 1.44. The Kier molecular flexibility index (Phi) is 5.18. The molecular weight excluding hydrogens is 268 g/mol. The van der Waals surface area contributed by atoms with Crippen LogP contribution in [0.4, 0.5) is 5.69 Å². The zero-order chi connectivity index (χ0) is 14.6. The Hall–Kier alpha value is -1.75. The average Bonchev–Trinajstić information content (AvgIpc) is 2.32. The van der Waals surface area contributed by atoms with Gasteiger partial charge in [-0.3, -0.25) is 9.59 Å². The largest absolute Gasteiger partial charge is 0.495 e. The molecular formula is C13H17ClN2O3. The number of hydrogen-bond donors (Lipinski definition) is 2. The van der Waals surface area contributed by atoms with Crippen LogP contribution in [0.25, 0.3) is 0 Å². The number of aryl methyl sites for hydroxylation is 1. The van der Waals surface area contributed by atoms with Crippen LogP contribution in [0.1, 0.15) is 19.4 Å². The van der Waals surface area contributed by atoms with Crippen LogP contribution in [0.5, 0.6) is 5.75 Å². The van der Waals surface area contributed by atoms with Gasteiger partial charge in [-0.1, -0.05) is 11.6 Å². The predicted molar refractivity (Wildman–Crippen MR) is 74.6 cm³/mol. The van der Waals surface area contributed by atoms with Crippen molar-refractivity contribution in [1.29, 1.82) is 0 Å². The Labute approximate surface area is 117 Å². The summed E-state index contributed by atoms with van der Waals surface area (Å²) in [5.41, 5.74) is 1.19. The average molecular weight is 285 g/mol. The summed E-state index contributed by atoms with van der Waals surface area (Å²) >= 11 is 5.96. The van der Waals surface area contributed by atoms with Crippen molar-refractivity contribution in [3.05, 3.63) is 22.7 Å². The van der Waals surface area contributed by atoms with Crippen LogP contribution in [0.3, 0.4) is 0 Å². The van der Waals surface area contributed by atoms with Crippen LogP contribution >= 0.6 is 11.6 Å². The van der Waals surface area contributed by atoms with Gasteiger partial charge in [-0.25, -0.2) is 0 Å². The van der Waals surface area contributed by atoms with E-state index in [0.717, 1.165) is 5.56 Å². The van der Waals surface area contributed by atoms with E-state index < -0.39 is 11.8 Å². The van der Waals surface area contributed by atoms with Gasteiger partial charge in [-0.05, 0) is 32.4 Å². The lowest BCUT2D eigenvalue weighted by molar-refractivity contribution is -0.136. The van der Waals surface area contributed by atoms with Gasteiger partial charge >= 0.3 is 11.8 Å². The lowest BCUT2D eigenvalue weighted by Gasteiger charge is -2.13. The second-order valence-corrected chi connectivity index (χ2v) is 4.79. The number of ether oxygens (including phenoxy) is 1. The molecule has 0 unspecified atom stereocenters. The molecule has 0 atom stereocenters. The number of rotatable bonds is 3. The minimum atomic E-state index is -0.742. The number of anilines is 1. The molecule has 0 aromatic heterocycles. The van der Waals surface area contributed by atoms with Gasteiger partial charge in [0.25, 0.3) is 0 Å². The lowest BCUT2D eigenvalue weighted by atomic mass is 10.2. The standard InChI is InChI=1S/C13H17ClN2O3/c1-7(2)15-12(17)13(18)16-10-5-8(3)9(14)6-11(10)19-4/h5-7H,1-4H3,(H,15,17)(H,16,18). The summed E-state index contributed by atoms with van der Waals surface area (Å²) in [4.78, 5) is 23.2. The number of nitrogens with one attached hydrogen (secondary N) is 2. The first kappa shape index (κ1) is 15.3. The van der Waals surface area contributed by atoms with E-state index in [1.807, 2.05) is 0 Å². The minimum Gasteiger partial charge on any atom is -0.495 e. The van der Waals surface area contributed by atoms with Crippen molar-refractivity contribution in [1.82, 2.24) is 5.32 Å². The highest BCUT2D eigenvalue weighted by Crippen LogP contribution is 2.30. The molecule has 1 aromatic rings. The summed E-state index contributed by atoms with van der Waals surface area (Å²) < 4.78 is 5.11. The maximum atomic E-state index is 11.7. The van der Waals surface area contributed by atoms with Crippen molar-refractivity contribution < 1.29 is 14.3 Å². The fourth-order valence-corrected chi connectivity index (χ4v) is 1.59. The van der Waals surface area contributed by atoms with Gasteiger partial charge in [0.1, 0.15) is 5.75 Å². The lowest BCUT2D eigenvalue weighted by Crippen LogP contribution is -2.39. The van der Waals surface area contributed by atoms with Gasteiger partial charge in [-0.2, -0.15) is 0 Å². The summed E-state index contributed by atoms with van der Waals surface area (Å²) in [6.07, 6.45) is 0. The highest BCUT2D eigenvalue weighted by atomic mass is 35.5. The number of amides is 2. The quantitative estimate of drug-likeness (QED) is 0.836. The molecule has 5 nitrogen and oxygen atoms in total. The van der Waals surface area contributed by atoms with E-state index in [2.05, 4.69) is 10.6 Å². The van der Waals surface area contributed by atoms with E-state index in [9.17, 15) is 9.59 Å². The fraction of sp³-hybridized carbons (Fsp3) is 0.385. The second-order valence-electron chi connectivity index (χ2n) is 4.38. The molecule has 1 rings (SSSR count). The van der Waals surface area contributed by atoms with E-state index in [-0.39, 0.29) is 6.04 Å². The summed E-state index contributed by atoms with van der Waals surface area (Å²) in [5, 5.41) is 5.54. The van der Waals surface area contributed by atoms with Gasteiger partial charge < -0.3 is 15.4 Å². The number of halogens is 1. The van der Waals surface area contributed by atoms with E-state index in [1.165, 1.54) is 7.11 Å². The molecule has 0 fully saturated rings. The molecule has 0 aliphatic rings. The molecule has 0 saturated carbocycles. The Bertz CT molecular complexity index is 501. The number of hydrogen-bond acceptors (Lipinski definition) is 3. The number of carbonyl (C=O) groups excluding carboxylic acids is 2. The van der Waals surface area contributed by atoms with Crippen molar-refractivity contribution in [3.8, 4) is 5.75 Å². The van der Waals surface area contributed by atoms with Crippen LogP contribution in [-0.4, -0.2) is 25.0 Å². The molecule has 0 aliphatic carbocycles. The third-order valence-electron chi connectivity index (χ3n) is 2.35. The van der Waals surface area contributed by atoms with Gasteiger partial charge in [0.2, 0.25) is 0 Å². The summed E-state index contributed by atoms with van der Waals surface area (Å²) in [6, 6.07) is 3.14. The first-order chi connectivity index (χ1) is 8.85. The van der Waals surface area contributed by atoms with Crippen LogP contribution in [-0.2, 0) is 9.59 Å². The third-order valence-corrected chi connectivity index (χ3v) is 2.76. The Morgan fingerprint density at radius 1 is 1.26 bits per heavy atom. The van der Waals surface area contributed by atoms with Gasteiger partial charge in [0.05, 0.1) is 12.8 Å². The topological polar surface area (TPSA) is 67.4 Å². The Morgan fingerprint density at radius 3 is 2.42 bits per heavy atom. The minimum absolute atomic E-state index is 0.105. The smallest absolute Gasteiger partial charge is 0.313 e. The Balaban J connectivity index is 2.90. The highest BCUT2D eigenvalue weighted by molar-refractivity contribution is 6.40. The SMILES string of the molecule is COc1cc(Cl)c(C)cc1NC(=O)C(=O)NC(C)C. The third kappa shape index (κ3) is 4.13. The van der Waals surface area contributed by atoms with Crippen molar-refractivity contribution >= 4 is 29.1 Å². The number of carbonyl (C=O) groups is 2.